The first-order valence-electron chi connectivity index (χ1n) is 6.85. The largest absolute Gasteiger partial charge is 0.417 e. The lowest BCUT2D eigenvalue weighted by molar-refractivity contribution is -0.137. The molecule has 3 aromatic heterocycles. The van der Waals surface area contributed by atoms with E-state index in [2.05, 4.69) is 15.3 Å². The summed E-state index contributed by atoms with van der Waals surface area (Å²) >= 11 is 11.6. The second kappa shape index (κ2) is 6.20. The highest BCUT2D eigenvalue weighted by Gasteiger charge is 2.33. The Kier molecular flexibility index (Phi) is 4.34. The summed E-state index contributed by atoms with van der Waals surface area (Å²) in [4.78, 5) is 20.5. The second-order valence-electron chi connectivity index (χ2n) is 5.13. The van der Waals surface area contributed by atoms with E-state index in [1.54, 1.807) is 0 Å². The Labute approximate surface area is 149 Å². The van der Waals surface area contributed by atoms with Gasteiger partial charge in [-0.3, -0.25) is 9.20 Å². The number of halogens is 5. The van der Waals surface area contributed by atoms with E-state index in [0.717, 1.165) is 16.7 Å². The van der Waals surface area contributed by atoms with E-state index in [-0.39, 0.29) is 27.9 Å². The number of alkyl halides is 3. The van der Waals surface area contributed by atoms with Gasteiger partial charge in [-0.25, -0.2) is 9.97 Å². The Bertz CT molecular complexity index is 968. The average Bonchev–Trinajstić information content (AvgIpc) is 2.85. The van der Waals surface area contributed by atoms with Crippen molar-refractivity contribution in [3.8, 4) is 0 Å². The molecule has 1 amide bonds. The number of hydrogen-bond acceptors (Lipinski definition) is 3. The van der Waals surface area contributed by atoms with Crippen molar-refractivity contribution in [1.29, 1.82) is 0 Å². The summed E-state index contributed by atoms with van der Waals surface area (Å²) in [7, 11) is 0. The van der Waals surface area contributed by atoms with E-state index >= 15 is 0 Å². The number of nitrogens with one attached hydrogen (secondary N) is 1. The van der Waals surface area contributed by atoms with Crippen molar-refractivity contribution >= 4 is 40.6 Å². The number of imidazole rings is 1. The third kappa shape index (κ3) is 3.40. The van der Waals surface area contributed by atoms with Gasteiger partial charge < -0.3 is 5.32 Å². The first-order valence-corrected chi connectivity index (χ1v) is 7.60. The Balaban J connectivity index is 2.08. The molecule has 0 aliphatic heterocycles. The predicted molar refractivity (Wildman–Crippen MR) is 87.1 cm³/mol. The standard InChI is InChI=1S/C15H9Cl2F3N4O/c1-7-12(14(25)23-11-3-2-9(16)5-21-11)24-6-8(15(18,19)20)4-10(17)13(24)22-7/h2-6H,1H3,(H,21,23,25). The van der Waals surface area contributed by atoms with Crippen LogP contribution in [0.1, 0.15) is 21.7 Å². The maximum absolute atomic E-state index is 13.0. The predicted octanol–water partition coefficient (Wildman–Crippen LogP) is 4.62. The highest BCUT2D eigenvalue weighted by atomic mass is 35.5. The van der Waals surface area contributed by atoms with Gasteiger partial charge in [-0.1, -0.05) is 23.2 Å². The molecule has 0 fully saturated rings. The number of fused-ring (bicyclic) bond motifs is 1. The first kappa shape index (κ1) is 17.5. The minimum atomic E-state index is -4.61. The fraction of sp³-hybridized carbons (Fsp3) is 0.133. The van der Waals surface area contributed by atoms with E-state index in [1.807, 2.05) is 0 Å². The Hall–Kier alpha value is -2.32. The lowest BCUT2D eigenvalue weighted by atomic mass is 10.2. The van der Waals surface area contributed by atoms with Gasteiger partial charge in [0.25, 0.3) is 5.91 Å². The lowest BCUT2D eigenvalue weighted by Crippen LogP contribution is -2.17. The summed E-state index contributed by atoms with van der Waals surface area (Å²) in [5, 5.41) is 2.66. The van der Waals surface area contributed by atoms with E-state index < -0.39 is 17.6 Å². The third-order valence-electron chi connectivity index (χ3n) is 3.36. The first-order chi connectivity index (χ1) is 11.7. The summed E-state index contributed by atoms with van der Waals surface area (Å²) in [6.07, 6.45) is -2.50. The van der Waals surface area contributed by atoms with Crippen LogP contribution in [0.15, 0.2) is 30.6 Å². The maximum atomic E-state index is 13.0. The normalized spacial score (nSPS) is 11.8. The average molecular weight is 389 g/mol. The van der Waals surface area contributed by atoms with Gasteiger partial charge >= 0.3 is 6.18 Å². The molecule has 130 valence electrons. The summed E-state index contributed by atoms with van der Waals surface area (Å²) in [5.41, 5.74) is -0.769. The number of nitrogens with zero attached hydrogens (tertiary/aromatic N) is 3. The highest BCUT2D eigenvalue weighted by molar-refractivity contribution is 6.33. The molecule has 0 saturated heterocycles. The van der Waals surface area contributed by atoms with Crippen molar-refractivity contribution in [2.24, 2.45) is 0 Å². The molecular weight excluding hydrogens is 380 g/mol. The van der Waals surface area contributed by atoms with Crippen LogP contribution in [-0.4, -0.2) is 20.3 Å². The van der Waals surface area contributed by atoms with E-state index in [4.69, 9.17) is 23.2 Å². The number of anilines is 1. The number of carbonyl (C=O) groups is 1. The molecular formula is C15H9Cl2F3N4O. The van der Waals surface area contributed by atoms with Crippen LogP contribution in [0, 0.1) is 6.92 Å². The molecule has 0 unspecified atom stereocenters. The van der Waals surface area contributed by atoms with Crippen molar-refractivity contribution in [2.45, 2.75) is 13.1 Å². The van der Waals surface area contributed by atoms with Crippen molar-refractivity contribution in [2.75, 3.05) is 5.32 Å². The second-order valence-corrected chi connectivity index (χ2v) is 5.97. The van der Waals surface area contributed by atoms with E-state index in [0.29, 0.717) is 5.02 Å². The molecule has 25 heavy (non-hydrogen) atoms. The molecule has 0 aliphatic rings. The Morgan fingerprint density at radius 3 is 2.60 bits per heavy atom. The molecule has 0 aliphatic carbocycles. The van der Waals surface area contributed by atoms with Crippen LogP contribution in [0.2, 0.25) is 10.0 Å². The number of amides is 1. The maximum Gasteiger partial charge on any atom is 0.417 e. The molecule has 0 bridgehead atoms. The fourth-order valence-corrected chi connectivity index (χ4v) is 2.63. The van der Waals surface area contributed by atoms with Crippen LogP contribution >= 0.6 is 23.2 Å². The molecule has 0 saturated carbocycles. The molecule has 0 aromatic carbocycles. The minimum Gasteiger partial charge on any atom is -0.305 e. The number of carbonyl (C=O) groups excluding carboxylic acids is 1. The number of pyridine rings is 2. The van der Waals surface area contributed by atoms with Crippen LogP contribution < -0.4 is 5.32 Å². The Morgan fingerprint density at radius 1 is 1.28 bits per heavy atom. The van der Waals surface area contributed by atoms with Crippen molar-refractivity contribution < 1.29 is 18.0 Å². The van der Waals surface area contributed by atoms with Crippen LogP contribution in [0.3, 0.4) is 0 Å². The van der Waals surface area contributed by atoms with Gasteiger partial charge in [0, 0.05) is 12.4 Å². The van der Waals surface area contributed by atoms with Crippen LogP contribution in [0.4, 0.5) is 19.0 Å². The van der Waals surface area contributed by atoms with Crippen LogP contribution in [-0.2, 0) is 6.18 Å². The van der Waals surface area contributed by atoms with Gasteiger partial charge in [-0.15, -0.1) is 0 Å². The number of hydrogen-bond donors (Lipinski definition) is 1. The molecule has 10 heteroatoms. The van der Waals surface area contributed by atoms with Gasteiger partial charge in [-0.05, 0) is 25.1 Å². The number of aryl methyl sites for hydroxylation is 1. The van der Waals surface area contributed by atoms with Crippen molar-refractivity contribution in [1.82, 2.24) is 14.4 Å². The SMILES string of the molecule is Cc1nc2c(Cl)cc(C(F)(F)F)cn2c1C(=O)Nc1ccc(Cl)cn1. The smallest absolute Gasteiger partial charge is 0.305 e. The van der Waals surface area contributed by atoms with Gasteiger partial charge in [0.2, 0.25) is 0 Å². The molecule has 0 radical (unpaired) electrons. The number of rotatable bonds is 2. The third-order valence-corrected chi connectivity index (χ3v) is 3.86. The van der Waals surface area contributed by atoms with Gasteiger partial charge in [0.15, 0.2) is 5.65 Å². The fourth-order valence-electron chi connectivity index (χ4n) is 2.27. The highest BCUT2D eigenvalue weighted by Crippen LogP contribution is 2.33. The molecule has 0 atom stereocenters. The summed E-state index contributed by atoms with van der Waals surface area (Å²) in [5.74, 6) is -0.475. The number of aromatic nitrogens is 3. The quantitative estimate of drug-likeness (QED) is 0.696. The van der Waals surface area contributed by atoms with Crippen molar-refractivity contribution in [3.63, 3.8) is 0 Å². The zero-order valence-corrected chi connectivity index (χ0v) is 14.0. The molecule has 5 nitrogen and oxygen atoms in total. The van der Waals surface area contributed by atoms with Crippen LogP contribution in [0.5, 0.6) is 0 Å². The molecule has 3 rings (SSSR count). The monoisotopic (exact) mass is 388 g/mol. The Morgan fingerprint density at radius 2 is 2.00 bits per heavy atom. The summed E-state index contributed by atoms with van der Waals surface area (Å²) < 4.78 is 40.0. The molecule has 0 spiro atoms. The molecule has 3 aromatic rings. The van der Waals surface area contributed by atoms with E-state index in [1.165, 1.54) is 25.3 Å². The minimum absolute atomic E-state index is 0.0568. The molecule has 1 N–H and O–H groups in total. The van der Waals surface area contributed by atoms with Crippen LogP contribution in [0.25, 0.3) is 5.65 Å². The van der Waals surface area contributed by atoms with Gasteiger partial charge in [-0.2, -0.15) is 13.2 Å². The zero-order chi connectivity index (χ0) is 18.4. The van der Waals surface area contributed by atoms with Gasteiger partial charge in [0.05, 0.1) is 21.3 Å². The topological polar surface area (TPSA) is 59.3 Å². The van der Waals surface area contributed by atoms with Gasteiger partial charge in [0.1, 0.15) is 11.5 Å². The van der Waals surface area contributed by atoms with Crippen molar-refractivity contribution in [3.05, 3.63) is 57.6 Å². The van der Waals surface area contributed by atoms with E-state index in [9.17, 15) is 18.0 Å². The zero-order valence-electron chi connectivity index (χ0n) is 12.5. The molecule has 3 heterocycles. The summed E-state index contributed by atoms with van der Waals surface area (Å²) in [6.45, 7) is 1.50. The lowest BCUT2D eigenvalue weighted by Gasteiger charge is -2.10. The summed E-state index contributed by atoms with van der Waals surface area (Å²) in [6, 6.07) is 3.75.